The minimum absolute atomic E-state index is 0.0566. The van der Waals surface area contributed by atoms with Gasteiger partial charge in [-0.25, -0.2) is 4.98 Å². The third-order valence-electron chi connectivity index (χ3n) is 2.44. The number of benzene rings is 1. The lowest BCUT2D eigenvalue weighted by Crippen LogP contribution is -1.97. The maximum Gasteiger partial charge on any atom is 0.203 e. The molecule has 0 aliphatic rings. The minimum Gasteiger partial charge on any atom is -0.504 e. The number of aromatic hydroxyl groups is 2. The number of phenolic OH excluding ortho intramolecular Hbond substituents is 2. The zero-order chi connectivity index (χ0) is 13.8. The fraction of sp³-hybridized carbons (Fsp3) is 0.0769. The third kappa shape index (κ3) is 2.74. The molecule has 0 saturated carbocycles. The lowest BCUT2D eigenvalue weighted by molar-refractivity contribution is 0.104. The lowest BCUT2D eigenvalue weighted by atomic mass is 10.1. The van der Waals surface area contributed by atoms with Crippen LogP contribution in [0.4, 0.5) is 0 Å². The number of thiazole rings is 1. The summed E-state index contributed by atoms with van der Waals surface area (Å²) in [5, 5.41) is 21.1. The summed E-state index contributed by atoms with van der Waals surface area (Å²) in [6.07, 6.45) is 2.86. The van der Waals surface area contributed by atoms with Gasteiger partial charge in [-0.3, -0.25) is 4.79 Å². The Morgan fingerprint density at radius 1 is 1.42 bits per heavy atom. The van der Waals surface area contributed by atoms with E-state index in [1.807, 2.05) is 0 Å². The molecule has 5 nitrogen and oxygen atoms in total. The SMILES string of the molecule is COc1c(O)ccc(C(=O)/C=C/c2cscn2)c1O. The number of methoxy groups -OCH3 is 1. The molecule has 1 aromatic carbocycles. The fourth-order valence-electron chi connectivity index (χ4n) is 1.52. The van der Waals surface area contributed by atoms with Gasteiger partial charge < -0.3 is 14.9 Å². The number of hydrogen-bond acceptors (Lipinski definition) is 6. The summed E-state index contributed by atoms with van der Waals surface area (Å²) in [7, 11) is 1.30. The van der Waals surface area contributed by atoms with E-state index in [0.29, 0.717) is 5.69 Å². The van der Waals surface area contributed by atoms with Crippen LogP contribution in [-0.2, 0) is 0 Å². The molecule has 19 heavy (non-hydrogen) atoms. The van der Waals surface area contributed by atoms with E-state index in [4.69, 9.17) is 4.74 Å². The number of allylic oxidation sites excluding steroid dienone is 1. The molecule has 2 N–H and O–H groups in total. The summed E-state index contributed by atoms with van der Waals surface area (Å²) in [4.78, 5) is 15.9. The van der Waals surface area contributed by atoms with E-state index in [0.717, 1.165) is 0 Å². The van der Waals surface area contributed by atoms with Gasteiger partial charge >= 0.3 is 0 Å². The Hall–Kier alpha value is -2.34. The monoisotopic (exact) mass is 277 g/mol. The van der Waals surface area contributed by atoms with Crippen LogP contribution in [0, 0.1) is 0 Å². The van der Waals surface area contributed by atoms with Gasteiger partial charge in [0, 0.05) is 5.38 Å². The van der Waals surface area contributed by atoms with Crippen molar-refractivity contribution in [1.29, 1.82) is 0 Å². The normalized spacial score (nSPS) is 10.8. The molecule has 0 amide bonds. The summed E-state index contributed by atoms with van der Waals surface area (Å²) in [6, 6.07) is 2.63. The summed E-state index contributed by atoms with van der Waals surface area (Å²) in [6.45, 7) is 0. The van der Waals surface area contributed by atoms with Crippen molar-refractivity contribution in [2.24, 2.45) is 0 Å². The van der Waals surface area contributed by atoms with Crippen molar-refractivity contribution in [1.82, 2.24) is 4.98 Å². The minimum atomic E-state index is -0.399. The first-order valence-electron chi connectivity index (χ1n) is 5.33. The third-order valence-corrected chi connectivity index (χ3v) is 3.04. The highest BCUT2D eigenvalue weighted by molar-refractivity contribution is 7.07. The quantitative estimate of drug-likeness (QED) is 0.663. The Kier molecular flexibility index (Phi) is 3.82. The van der Waals surface area contributed by atoms with Crippen LogP contribution < -0.4 is 4.74 Å². The van der Waals surface area contributed by atoms with E-state index in [9.17, 15) is 15.0 Å². The van der Waals surface area contributed by atoms with Crippen LogP contribution in [0.25, 0.3) is 6.08 Å². The van der Waals surface area contributed by atoms with E-state index in [1.54, 1.807) is 17.0 Å². The number of carbonyl (C=O) groups is 1. The molecule has 0 aliphatic heterocycles. The average molecular weight is 277 g/mol. The zero-order valence-corrected chi connectivity index (χ0v) is 10.8. The van der Waals surface area contributed by atoms with E-state index >= 15 is 0 Å². The standard InChI is InChI=1S/C13H11NO4S/c1-18-13-11(16)5-3-9(12(13)17)10(15)4-2-8-6-19-7-14-8/h2-7,16-17H,1H3/b4-2+. The molecule has 1 heterocycles. The number of carbonyl (C=O) groups excluding carboxylic acids is 1. The van der Waals surface area contributed by atoms with Crippen LogP contribution in [0.15, 0.2) is 29.1 Å². The zero-order valence-electron chi connectivity index (χ0n) is 10.0. The molecule has 0 radical (unpaired) electrons. The molecule has 0 atom stereocenters. The van der Waals surface area contributed by atoms with Gasteiger partial charge in [0.2, 0.25) is 5.75 Å². The van der Waals surface area contributed by atoms with Crippen LogP contribution in [0.2, 0.25) is 0 Å². The first-order valence-corrected chi connectivity index (χ1v) is 6.27. The number of aromatic nitrogens is 1. The number of hydrogen-bond donors (Lipinski definition) is 2. The molecule has 0 bridgehead atoms. The molecule has 1 aromatic heterocycles. The van der Waals surface area contributed by atoms with E-state index < -0.39 is 5.78 Å². The Bertz CT molecular complexity index is 620. The van der Waals surface area contributed by atoms with Gasteiger partial charge in [0.05, 0.1) is 23.9 Å². The maximum absolute atomic E-state index is 11.9. The van der Waals surface area contributed by atoms with Crippen molar-refractivity contribution in [2.45, 2.75) is 0 Å². The fourth-order valence-corrected chi connectivity index (χ4v) is 2.04. The van der Waals surface area contributed by atoms with Crippen LogP contribution in [0.1, 0.15) is 16.1 Å². The van der Waals surface area contributed by atoms with Crippen LogP contribution >= 0.6 is 11.3 Å². The van der Waals surface area contributed by atoms with Gasteiger partial charge in [-0.2, -0.15) is 0 Å². The molecular formula is C13H11NO4S. The maximum atomic E-state index is 11.9. The summed E-state index contributed by atoms with van der Waals surface area (Å²) in [5.41, 5.74) is 2.38. The molecule has 0 unspecified atom stereocenters. The summed E-state index contributed by atoms with van der Waals surface area (Å²) < 4.78 is 4.83. The highest BCUT2D eigenvalue weighted by Crippen LogP contribution is 2.38. The van der Waals surface area contributed by atoms with Crippen molar-refractivity contribution in [3.8, 4) is 17.2 Å². The largest absolute Gasteiger partial charge is 0.504 e. The Morgan fingerprint density at radius 3 is 2.84 bits per heavy atom. The smallest absolute Gasteiger partial charge is 0.203 e. The molecule has 2 rings (SSSR count). The number of phenols is 2. The molecule has 98 valence electrons. The molecule has 6 heteroatoms. The predicted molar refractivity (Wildman–Crippen MR) is 71.8 cm³/mol. The van der Waals surface area contributed by atoms with Crippen LogP contribution in [0.3, 0.4) is 0 Å². The number of nitrogens with zero attached hydrogens (tertiary/aromatic N) is 1. The average Bonchev–Trinajstić information content (AvgIpc) is 2.90. The van der Waals surface area contributed by atoms with Gasteiger partial charge in [-0.1, -0.05) is 0 Å². The molecular weight excluding hydrogens is 266 g/mol. The van der Waals surface area contributed by atoms with Gasteiger partial charge in [0.1, 0.15) is 0 Å². The molecule has 0 aliphatic carbocycles. The van der Waals surface area contributed by atoms with Gasteiger partial charge in [-0.15, -0.1) is 11.3 Å². The van der Waals surface area contributed by atoms with E-state index in [2.05, 4.69) is 4.98 Å². The van der Waals surface area contributed by atoms with Crippen molar-refractivity contribution in [3.05, 3.63) is 40.4 Å². The summed E-state index contributed by atoms with van der Waals surface area (Å²) >= 11 is 1.42. The number of rotatable bonds is 4. The van der Waals surface area contributed by atoms with Gasteiger partial charge in [0.25, 0.3) is 0 Å². The lowest BCUT2D eigenvalue weighted by Gasteiger charge is -2.08. The first kappa shape index (κ1) is 13.1. The second kappa shape index (κ2) is 5.53. The number of ketones is 1. The van der Waals surface area contributed by atoms with Gasteiger partial charge in [0.15, 0.2) is 17.3 Å². The van der Waals surface area contributed by atoms with Crippen LogP contribution in [0.5, 0.6) is 17.2 Å². The van der Waals surface area contributed by atoms with E-state index in [1.165, 1.54) is 36.7 Å². The second-order valence-corrected chi connectivity index (χ2v) is 4.34. The molecule has 0 spiro atoms. The number of ether oxygens (including phenoxy) is 1. The highest BCUT2D eigenvalue weighted by atomic mass is 32.1. The van der Waals surface area contributed by atoms with Crippen molar-refractivity contribution >= 4 is 23.2 Å². The highest BCUT2D eigenvalue weighted by Gasteiger charge is 2.16. The predicted octanol–water partition coefficient (Wildman–Crippen LogP) is 2.46. The Labute approximate surface area is 113 Å². The first-order chi connectivity index (χ1) is 9.13. The van der Waals surface area contributed by atoms with Gasteiger partial charge in [-0.05, 0) is 24.3 Å². The summed E-state index contributed by atoms with van der Waals surface area (Å²) in [5.74, 6) is -1.12. The second-order valence-electron chi connectivity index (χ2n) is 3.62. The van der Waals surface area contributed by atoms with Crippen molar-refractivity contribution in [3.63, 3.8) is 0 Å². The Balaban J connectivity index is 2.29. The van der Waals surface area contributed by atoms with E-state index in [-0.39, 0.29) is 22.8 Å². The topological polar surface area (TPSA) is 79.7 Å². The molecule has 0 fully saturated rings. The van der Waals surface area contributed by atoms with Crippen molar-refractivity contribution < 1.29 is 19.7 Å². The van der Waals surface area contributed by atoms with Crippen molar-refractivity contribution in [2.75, 3.05) is 7.11 Å². The van der Waals surface area contributed by atoms with Crippen LogP contribution in [-0.4, -0.2) is 28.1 Å². The Morgan fingerprint density at radius 2 is 2.21 bits per heavy atom. The molecule has 0 saturated heterocycles. The molecule has 2 aromatic rings.